The maximum atomic E-state index is 9.44. The van der Waals surface area contributed by atoms with Gasteiger partial charge in [-0.15, -0.1) is 0 Å². The smallest absolute Gasteiger partial charge is 0.0698 e. The van der Waals surface area contributed by atoms with Crippen LogP contribution in [-0.4, -0.2) is 61.5 Å². The summed E-state index contributed by atoms with van der Waals surface area (Å²) < 4.78 is 5.43. The maximum absolute atomic E-state index is 9.44. The number of ether oxygens (including phenoxy) is 1. The molecule has 4 heteroatoms. The van der Waals surface area contributed by atoms with Crippen LogP contribution in [0.15, 0.2) is 0 Å². The van der Waals surface area contributed by atoms with Gasteiger partial charge in [-0.3, -0.25) is 0 Å². The Morgan fingerprint density at radius 1 is 1.50 bits per heavy atom. The van der Waals surface area contributed by atoms with Crippen LogP contribution in [-0.2, 0) is 4.74 Å². The first-order valence-electron chi connectivity index (χ1n) is 7.24. The number of piperidine rings is 1. The quantitative estimate of drug-likeness (QED) is 0.687. The third-order valence-corrected chi connectivity index (χ3v) is 3.95. The molecule has 1 rings (SSSR count). The minimum absolute atomic E-state index is 0.120. The highest BCUT2D eigenvalue weighted by Gasteiger charge is 2.23. The molecule has 0 aliphatic carbocycles. The predicted molar refractivity (Wildman–Crippen MR) is 74.9 cm³/mol. The Kier molecular flexibility index (Phi) is 7.15. The number of nitrogens with one attached hydrogen (secondary N) is 1. The largest absolute Gasteiger partial charge is 0.394 e. The average molecular weight is 258 g/mol. The number of hydrogen-bond donors (Lipinski definition) is 2. The summed E-state index contributed by atoms with van der Waals surface area (Å²) >= 11 is 0. The lowest BCUT2D eigenvalue weighted by molar-refractivity contribution is 0.0297. The number of hydrogen-bond acceptors (Lipinski definition) is 4. The third kappa shape index (κ3) is 5.22. The summed E-state index contributed by atoms with van der Waals surface area (Å²) in [5.41, 5.74) is -0.120. The molecule has 2 N–H and O–H groups in total. The lowest BCUT2D eigenvalue weighted by atomic mass is 9.96. The van der Waals surface area contributed by atoms with E-state index < -0.39 is 0 Å². The fourth-order valence-corrected chi connectivity index (χ4v) is 2.75. The molecular formula is C14H30N2O2. The summed E-state index contributed by atoms with van der Waals surface area (Å²) in [7, 11) is 1.81. The Bertz CT molecular complexity index is 226. The lowest BCUT2D eigenvalue weighted by Crippen LogP contribution is -2.46. The van der Waals surface area contributed by atoms with Crippen LogP contribution < -0.4 is 5.32 Å². The van der Waals surface area contributed by atoms with Crippen molar-refractivity contribution in [3.63, 3.8) is 0 Å². The van der Waals surface area contributed by atoms with Crippen molar-refractivity contribution in [2.24, 2.45) is 0 Å². The van der Waals surface area contributed by atoms with Gasteiger partial charge in [0, 0.05) is 19.2 Å². The van der Waals surface area contributed by atoms with Crippen LogP contribution in [0.5, 0.6) is 0 Å². The zero-order valence-corrected chi connectivity index (χ0v) is 12.2. The predicted octanol–water partition coefficient (Wildman–Crippen LogP) is 1.24. The zero-order valence-electron chi connectivity index (χ0n) is 12.2. The van der Waals surface area contributed by atoms with Crippen molar-refractivity contribution in [2.45, 2.75) is 51.2 Å². The number of aliphatic hydroxyl groups is 1. The van der Waals surface area contributed by atoms with E-state index in [4.69, 9.17) is 4.74 Å². The second kappa shape index (κ2) is 8.10. The normalized spacial score (nSPS) is 25.0. The topological polar surface area (TPSA) is 44.7 Å². The Morgan fingerprint density at radius 3 is 2.89 bits per heavy atom. The molecule has 2 atom stereocenters. The van der Waals surface area contributed by atoms with Gasteiger partial charge in [-0.2, -0.15) is 0 Å². The molecular weight excluding hydrogens is 228 g/mol. The van der Waals surface area contributed by atoms with E-state index in [9.17, 15) is 5.11 Å². The van der Waals surface area contributed by atoms with Crippen LogP contribution in [0.25, 0.3) is 0 Å². The van der Waals surface area contributed by atoms with Gasteiger partial charge in [-0.25, -0.2) is 0 Å². The standard InChI is InChI=1S/C14H30N2O2/c1-4-15-14(2,12-17)8-6-10-16-9-5-7-13(11-16)18-3/h13,15,17H,4-12H2,1-3H3. The minimum Gasteiger partial charge on any atom is -0.394 e. The highest BCUT2D eigenvalue weighted by atomic mass is 16.5. The number of rotatable bonds is 8. The molecule has 0 aromatic carbocycles. The van der Waals surface area contributed by atoms with E-state index >= 15 is 0 Å². The molecule has 1 fully saturated rings. The van der Waals surface area contributed by atoms with E-state index in [0.29, 0.717) is 6.10 Å². The van der Waals surface area contributed by atoms with Gasteiger partial charge in [0.15, 0.2) is 0 Å². The first-order valence-corrected chi connectivity index (χ1v) is 7.24. The van der Waals surface area contributed by atoms with Gasteiger partial charge in [-0.1, -0.05) is 6.92 Å². The minimum atomic E-state index is -0.120. The van der Waals surface area contributed by atoms with Crippen molar-refractivity contribution >= 4 is 0 Å². The molecule has 0 saturated carbocycles. The summed E-state index contributed by atoms with van der Waals surface area (Å²) in [6, 6.07) is 0. The molecule has 108 valence electrons. The van der Waals surface area contributed by atoms with Crippen molar-refractivity contribution in [3.8, 4) is 0 Å². The summed E-state index contributed by atoms with van der Waals surface area (Å²) in [4.78, 5) is 2.49. The van der Waals surface area contributed by atoms with Crippen molar-refractivity contribution in [3.05, 3.63) is 0 Å². The Balaban J connectivity index is 2.23. The molecule has 1 aliphatic rings. The van der Waals surface area contributed by atoms with Gasteiger partial charge in [0.2, 0.25) is 0 Å². The second-order valence-corrected chi connectivity index (χ2v) is 5.65. The van der Waals surface area contributed by atoms with Crippen LogP contribution in [0, 0.1) is 0 Å². The highest BCUT2D eigenvalue weighted by molar-refractivity contribution is 4.82. The fourth-order valence-electron chi connectivity index (χ4n) is 2.75. The summed E-state index contributed by atoms with van der Waals surface area (Å²) in [6.45, 7) is 8.67. The van der Waals surface area contributed by atoms with Crippen LogP contribution >= 0.6 is 0 Å². The van der Waals surface area contributed by atoms with E-state index in [1.54, 1.807) is 0 Å². The fraction of sp³-hybridized carbons (Fsp3) is 1.00. The van der Waals surface area contributed by atoms with Crippen molar-refractivity contribution in [2.75, 3.05) is 39.9 Å². The summed E-state index contributed by atoms with van der Waals surface area (Å²) in [5.74, 6) is 0. The Hall–Kier alpha value is -0.160. The SMILES string of the molecule is CCNC(C)(CO)CCCN1CCCC(OC)C1. The summed E-state index contributed by atoms with van der Waals surface area (Å²) in [6.07, 6.45) is 4.99. The molecule has 0 bridgehead atoms. The van der Waals surface area contributed by atoms with Crippen LogP contribution in [0.3, 0.4) is 0 Å². The third-order valence-electron chi connectivity index (χ3n) is 3.95. The molecule has 0 aromatic heterocycles. The van der Waals surface area contributed by atoms with Crippen LogP contribution in [0.1, 0.15) is 39.5 Å². The lowest BCUT2D eigenvalue weighted by Gasteiger charge is -2.33. The van der Waals surface area contributed by atoms with E-state index in [1.807, 2.05) is 7.11 Å². The zero-order chi connectivity index (χ0) is 13.4. The van der Waals surface area contributed by atoms with Crippen LogP contribution in [0.2, 0.25) is 0 Å². The number of likely N-dealkylation sites (N-methyl/N-ethyl adjacent to an activating group) is 1. The number of methoxy groups -OCH3 is 1. The van der Waals surface area contributed by atoms with Gasteiger partial charge in [0.05, 0.1) is 12.7 Å². The molecule has 2 unspecified atom stereocenters. The molecule has 0 amide bonds. The van der Waals surface area contributed by atoms with E-state index in [2.05, 4.69) is 24.1 Å². The number of aliphatic hydroxyl groups excluding tert-OH is 1. The molecule has 18 heavy (non-hydrogen) atoms. The molecule has 1 saturated heterocycles. The molecule has 1 heterocycles. The van der Waals surface area contributed by atoms with Crippen molar-refractivity contribution < 1.29 is 9.84 Å². The van der Waals surface area contributed by atoms with Gasteiger partial charge in [0.1, 0.15) is 0 Å². The van der Waals surface area contributed by atoms with Gasteiger partial charge in [-0.05, 0) is 52.2 Å². The molecule has 0 spiro atoms. The number of likely N-dealkylation sites (tertiary alicyclic amines) is 1. The molecule has 1 aliphatic heterocycles. The van der Waals surface area contributed by atoms with E-state index in [-0.39, 0.29) is 12.1 Å². The van der Waals surface area contributed by atoms with E-state index in [0.717, 1.165) is 32.5 Å². The van der Waals surface area contributed by atoms with Crippen LogP contribution in [0.4, 0.5) is 0 Å². The second-order valence-electron chi connectivity index (χ2n) is 5.65. The first-order chi connectivity index (χ1) is 8.63. The molecule has 0 radical (unpaired) electrons. The van der Waals surface area contributed by atoms with Crippen molar-refractivity contribution in [1.82, 2.24) is 10.2 Å². The molecule has 4 nitrogen and oxygen atoms in total. The van der Waals surface area contributed by atoms with Gasteiger partial charge in [0.25, 0.3) is 0 Å². The Morgan fingerprint density at radius 2 is 2.28 bits per heavy atom. The maximum Gasteiger partial charge on any atom is 0.0698 e. The van der Waals surface area contributed by atoms with Gasteiger partial charge >= 0.3 is 0 Å². The first kappa shape index (κ1) is 15.9. The monoisotopic (exact) mass is 258 g/mol. The Labute approximate surface area is 112 Å². The van der Waals surface area contributed by atoms with E-state index in [1.165, 1.54) is 19.4 Å². The highest BCUT2D eigenvalue weighted by Crippen LogP contribution is 2.16. The van der Waals surface area contributed by atoms with Gasteiger partial charge < -0.3 is 20.1 Å². The number of nitrogens with zero attached hydrogens (tertiary/aromatic N) is 1. The molecule has 0 aromatic rings. The summed E-state index contributed by atoms with van der Waals surface area (Å²) in [5, 5.41) is 12.8. The van der Waals surface area contributed by atoms with Crippen molar-refractivity contribution in [1.29, 1.82) is 0 Å². The average Bonchev–Trinajstić information content (AvgIpc) is 2.39.